The van der Waals surface area contributed by atoms with E-state index in [9.17, 15) is 9.59 Å². The van der Waals surface area contributed by atoms with Gasteiger partial charge in [0.2, 0.25) is 0 Å². The monoisotopic (exact) mass is 471 g/mol. The Morgan fingerprint density at radius 2 is 1.64 bits per heavy atom. The summed E-state index contributed by atoms with van der Waals surface area (Å²) in [5.41, 5.74) is 1.11. The second kappa shape index (κ2) is 10.2. The maximum absolute atomic E-state index is 12.1. The Morgan fingerprint density at radius 1 is 1.00 bits per heavy atom. The summed E-state index contributed by atoms with van der Waals surface area (Å²) in [5.74, 6) is 0.468. The van der Waals surface area contributed by atoms with Crippen LogP contribution in [0.4, 0.5) is 5.69 Å². The molecule has 0 unspecified atom stereocenters. The van der Waals surface area contributed by atoms with E-state index in [0.29, 0.717) is 38.0 Å². The van der Waals surface area contributed by atoms with Gasteiger partial charge in [0, 0.05) is 10.2 Å². The molecular weight excluding hydrogens is 454 g/mol. The Kier molecular flexibility index (Phi) is 7.95. The van der Waals surface area contributed by atoms with Crippen LogP contribution in [0.15, 0.2) is 34.8 Å². The average molecular weight is 473 g/mol. The third kappa shape index (κ3) is 5.77. The summed E-state index contributed by atoms with van der Waals surface area (Å²) in [5, 5.41) is 2.95. The van der Waals surface area contributed by atoms with Crippen LogP contribution in [-0.2, 0) is 20.7 Å². The highest BCUT2D eigenvalue weighted by atomic mass is 79.9. The predicted molar refractivity (Wildman–Crippen MR) is 109 cm³/mol. The number of hydrogen-bond donors (Lipinski definition) is 1. The van der Waals surface area contributed by atoms with E-state index in [0.717, 1.165) is 0 Å². The van der Waals surface area contributed by atoms with Gasteiger partial charge in [-0.3, -0.25) is 9.59 Å². The minimum absolute atomic E-state index is 0.0391. The second-order valence-corrected chi connectivity index (χ2v) is 6.80. The Bertz CT molecular complexity index is 874. The number of benzene rings is 2. The van der Waals surface area contributed by atoms with Crippen LogP contribution in [0.5, 0.6) is 17.2 Å². The molecule has 9 heteroatoms. The SMILES string of the molecule is COc1ccc(NC(=O)COC(=O)Cc2cc(OC)c(OC)cc2Br)cc1Cl. The molecule has 0 aliphatic heterocycles. The first-order chi connectivity index (χ1) is 13.4. The van der Waals surface area contributed by atoms with E-state index in [4.69, 9.17) is 30.5 Å². The summed E-state index contributed by atoms with van der Waals surface area (Å²) in [6, 6.07) is 8.16. The summed E-state index contributed by atoms with van der Waals surface area (Å²) >= 11 is 9.38. The van der Waals surface area contributed by atoms with E-state index in [1.807, 2.05) is 0 Å². The zero-order valence-corrected chi connectivity index (χ0v) is 17.8. The van der Waals surface area contributed by atoms with Gasteiger partial charge in [0.25, 0.3) is 5.91 Å². The Morgan fingerprint density at radius 3 is 2.25 bits per heavy atom. The first-order valence-electron chi connectivity index (χ1n) is 8.07. The van der Waals surface area contributed by atoms with Gasteiger partial charge in [-0.25, -0.2) is 0 Å². The van der Waals surface area contributed by atoms with Crippen molar-refractivity contribution in [3.05, 3.63) is 45.4 Å². The summed E-state index contributed by atoms with van der Waals surface area (Å²) in [7, 11) is 4.52. The molecule has 0 spiro atoms. The minimum Gasteiger partial charge on any atom is -0.495 e. The molecule has 2 aromatic carbocycles. The van der Waals surface area contributed by atoms with Gasteiger partial charge >= 0.3 is 5.97 Å². The fourth-order valence-electron chi connectivity index (χ4n) is 2.33. The number of nitrogens with one attached hydrogen (secondary N) is 1. The first kappa shape index (κ1) is 21.8. The molecule has 2 aromatic rings. The average Bonchev–Trinajstić information content (AvgIpc) is 2.67. The molecule has 28 heavy (non-hydrogen) atoms. The summed E-state index contributed by atoms with van der Waals surface area (Å²) in [6.45, 7) is -0.423. The van der Waals surface area contributed by atoms with Gasteiger partial charge < -0.3 is 24.3 Å². The third-order valence-corrected chi connectivity index (χ3v) is 4.72. The summed E-state index contributed by atoms with van der Waals surface area (Å²) in [4.78, 5) is 24.1. The Labute approximate surface area is 176 Å². The smallest absolute Gasteiger partial charge is 0.310 e. The van der Waals surface area contributed by atoms with Gasteiger partial charge in [0.15, 0.2) is 18.1 Å². The van der Waals surface area contributed by atoms with Crippen molar-refractivity contribution in [3.8, 4) is 17.2 Å². The Hall–Kier alpha value is -2.45. The van der Waals surface area contributed by atoms with Gasteiger partial charge in [0.1, 0.15) is 5.75 Å². The molecule has 0 aliphatic carbocycles. The number of rotatable bonds is 8. The molecule has 0 saturated heterocycles. The van der Waals surface area contributed by atoms with E-state index in [2.05, 4.69) is 21.2 Å². The number of halogens is 2. The van der Waals surface area contributed by atoms with Crippen LogP contribution < -0.4 is 19.5 Å². The molecule has 150 valence electrons. The number of hydrogen-bond acceptors (Lipinski definition) is 6. The standard InChI is InChI=1S/C19H19BrClNO6/c1-25-15-5-4-12(8-14(15)21)22-18(23)10-28-19(24)7-11-6-16(26-2)17(27-3)9-13(11)20/h4-6,8-9H,7,10H2,1-3H3,(H,22,23). The summed E-state index contributed by atoms with van der Waals surface area (Å²) < 4.78 is 21.2. The van der Waals surface area contributed by atoms with Gasteiger partial charge in [-0.1, -0.05) is 27.5 Å². The van der Waals surface area contributed by atoms with Crippen LogP contribution in [-0.4, -0.2) is 39.8 Å². The number of anilines is 1. The molecule has 0 bridgehead atoms. The lowest BCUT2D eigenvalue weighted by molar-refractivity contribution is -0.146. The molecule has 1 N–H and O–H groups in total. The van der Waals surface area contributed by atoms with Gasteiger partial charge in [-0.05, 0) is 35.9 Å². The maximum atomic E-state index is 12.1. The highest BCUT2D eigenvalue weighted by Gasteiger charge is 2.15. The van der Waals surface area contributed by atoms with E-state index < -0.39 is 18.5 Å². The molecule has 0 heterocycles. The number of esters is 1. The van der Waals surface area contributed by atoms with Crippen LogP contribution in [0.3, 0.4) is 0 Å². The van der Waals surface area contributed by atoms with Crippen molar-refractivity contribution in [2.24, 2.45) is 0 Å². The van der Waals surface area contributed by atoms with Crippen molar-refractivity contribution >= 4 is 45.1 Å². The molecular formula is C19H19BrClNO6. The fourth-order valence-corrected chi connectivity index (χ4v) is 3.05. The molecule has 2 rings (SSSR count). The van der Waals surface area contributed by atoms with Crippen molar-refractivity contribution in [1.82, 2.24) is 0 Å². The maximum Gasteiger partial charge on any atom is 0.310 e. The van der Waals surface area contributed by atoms with E-state index in [-0.39, 0.29) is 6.42 Å². The van der Waals surface area contributed by atoms with Crippen LogP contribution in [0, 0.1) is 0 Å². The van der Waals surface area contributed by atoms with E-state index >= 15 is 0 Å². The first-order valence-corrected chi connectivity index (χ1v) is 9.24. The normalized spacial score (nSPS) is 10.2. The number of ether oxygens (including phenoxy) is 4. The highest BCUT2D eigenvalue weighted by molar-refractivity contribution is 9.10. The molecule has 0 atom stereocenters. The van der Waals surface area contributed by atoms with Crippen molar-refractivity contribution in [2.75, 3.05) is 33.3 Å². The van der Waals surface area contributed by atoms with Gasteiger partial charge in [-0.2, -0.15) is 0 Å². The predicted octanol–water partition coefficient (Wildman–Crippen LogP) is 3.85. The lowest BCUT2D eigenvalue weighted by Crippen LogP contribution is -2.21. The fraction of sp³-hybridized carbons (Fsp3) is 0.263. The van der Waals surface area contributed by atoms with Crippen molar-refractivity contribution in [2.45, 2.75) is 6.42 Å². The molecule has 0 fully saturated rings. The quantitative estimate of drug-likeness (QED) is 0.588. The van der Waals surface area contributed by atoms with Crippen LogP contribution in [0.1, 0.15) is 5.56 Å². The topological polar surface area (TPSA) is 83.1 Å². The van der Waals surface area contributed by atoms with Crippen molar-refractivity contribution < 1.29 is 28.5 Å². The largest absolute Gasteiger partial charge is 0.495 e. The van der Waals surface area contributed by atoms with Crippen LogP contribution >= 0.6 is 27.5 Å². The zero-order chi connectivity index (χ0) is 20.7. The van der Waals surface area contributed by atoms with Gasteiger partial charge in [-0.15, -0.1) is 0 Å². The van der Waals surface area contributed by atoms with Crippen molar-refractivity contribution in [1.29, 1.82) is 0 Å². The molecule has 1 amide bonds. The molecule has 0 aliphatic rings. The molecule has 7 nitrogen and oxygen atoms in total. The number of carbonyl (C=O) groups excluding carboxylic acids is 2. The zero-order valence-electron chi connectivity index (χ0n) is 15.5. The van der Waals surface area contributed by atoms with Crippen molar-refractivity contribution in [3.63, 3.8) is 0 Å². The van der Waals surface area contributed by atoms with Crippen LogP contribution in [0.2, 0.25) is 5.02 Å². The lowest BCUT2D eigenvalue weighted by atomic mass is 10.1. The van der Waals surface area contributed by atoms with E-state index in [1.165, 1.54) is 21.3 Å². The lowest BCUT2D eigenvalue weighted by Gasteiger charge is -2.12. The number of methoxy groups -OCH3 is 3. The summed E-state index contributed by atoms with van der Waals surface area (Å²) in [6.07, 6.45) is -0.0391. The third-order valence-electron chi connectivity index (χ3n) is 3.69. The highest BCUT2D eigenvalue weighted by Crippen LogP contribution is 2.33. The van der Waals surface area contributed by atoms with E-state index in [1.54, 1.807) is 30.3 Å². The molecule has 0 saturated carbocycles. The van der Waals surface area contributed by atoms with Gasteiger partial charge in [0.05, 0.1) is 32.8 Å². The second-order valence-electron chi connectivity index (χ2n) is 5.53. The number of amides is 1. The Balaban J connectivity index is 1.92. The minimum atomic E-state index is -0.559. The molecule has 0 radical (unpaired) electrons. The molecule has 0 aromatic heterocycles. The number of carbonyl (C=O) groups is 2. The van der Waals surface area contributed by atoms with Crippen LogP contribution in [0.25, 0.3) is 0 Å².